The monoisotopic (exact) mass is 354 g/mol. The smallest absolute Gasteiger partial charge is 0.191 e. The highest BCUT2D eigenvalue weighted by Crippen LogP contribution is 1.91. The number of nitrogens with one attached hydrogen (secondary N) is 2. The van der Waals surface area contributed by atoms with Gasteiger partial charge < -0.3 is 15.5 Å². The maximum atomic E-state index is 4.48. The molecule has 0 saturated heterocycles. The molecule has 0 aliphatic heterocycles. The summed E-state index contributed by atoms with van der Waals surface area (Å²) in [7, 11) is 2.12. The van der Waals surface area contributed by atoms with Crippen LogP contribution >= 0.6 is 24.0 Å². The number of hydrogen-bond donors (Lipinski definition) is 2. The van der Waals surface area contributed by atoms with Crippen molar-refractivity contribution in [3.8, 4) is 0 Å². The van der Waals surface area contributed by atoms with E-state index < -0.39 is 0 Å². The molecular formula is C12H27IN4. The van der Waals surface area contributed by atoms with Crippen LogP contribution in [0.1, 0.15) is 20.8 Å². The highest BCUT2D eigenvalue weighted by atomic mass is 127. The van der Waals surface area contributed by atoms with Gasteiger partial charge in [-0.3, -0.25) is 4.99 Å². The topological polar surface area (TPSA) is 39.7 Å². The molecule has 0 saturated carbocycles. The van der Waals surface area contributed by atoms with Crippen molar-refractivity contribution in [3.05, 3.63) is 12.7 Å². The van der Waals surface area contributed by atoms with Crippen LogP contribution in [0.4, 0.5) is 0 Å². The van der Waals surface area contributed by atoms with E-state index in [4.69, 9.17) is 0 Å². The molecule has 0 bridgehead atoms. The molecule has 2 N–H and O–H groups in total. The molecule has 17 heavy (non-hydrogen) atoms. The van der Waals surface area contributed by atoms with Crippen molar-refractivity contribution in [2.24, 2.45) is 4.99 Å². The number of halogens is 1. The highest BCUT2D eigenvalue weighted by Gasteiger charge is 2.01. The summed E-state index contributed by atoms with van der Waals surface area (Å²) in [5.41, 5.74) is 0. The molecule has 0 aromatic carbocycles. The summed E-state index contributed by atoms with van der Waals surface area (Å²) in [6.45, 7) is 13.5. The third-order valence-electron chi connectivity index (χ3n) is 2.36. The number of nitrogens with zero attached hydrogens (tertiary/aromatic N) is 2. The molecule has 0 fully saturated rings. The lowest BCUT2D eigenvalue weighted by Gasteiger charge is -2.20. The van der Waals surface area contributed by atoms with Crippen LogP contribution in [-0.2, 0) is 0 Å². The number of aliphatic imine (C=N–C) groups is 1. The van der Waals surface area contributed by atoms with E-state index >= 15 is 0 Å². The van der Waals surface area contributed by atoms with Gasteiger partial charge in [-0.1, -0.05) is 6.08 Å². The lowest BCUT2D eigenvalue weighted by Crippen LogP contribution is -2.38. The Balaban J connectivity index is 0. The van der Waals surface area contributed by atoms with Crippen molar-refractivity contribution in [3.63, 3.8) is 0 Å². The maximum Gasteiger partial charge on any atom is 0.191 e. The average molecular weight is 354 g/mol. The number of guanidine groups is 1. The second kappa shape index (κ2) is 12.2. The lowest BCUT2D eigenvalue weighted by molar-refractivity contribution is 0.282. The molecule has 0 unspecified atom stereocenters. The van der Waals surface area contributed by atoms with E-state index in [9.17, 15) is 0 Å². The Labute approximate surface area is 123 Å². The van der Waals surface area contributed by atoms with Gasteiger partial charge in [-0.15, -0.1) is 30.6 Å². The molecule has 0 spiro atoms. The van der Waals surface area contributed by atoms with E-state index in [2.05, 4.69) is 54.9 Å². The first-order valence-corrected chi connectivity index (χ1v) is 5.95. The molecule has 0 aromatic rings. The molecule has 0 radical (unpaired) electrons. The zero-order valence-electron chi connectivity index (χ0n) is 11.5. The normalized spacial score (nSPS) is 11.3. The first-order valence-electron chi connectivity index (χ1n) is 5.95. The molecule has 4 nitrogen and oxygen atoms in total. The van der Waals surface area contributed by atoms with Crippen LogP contribution in [0.5, 0.6) is 0 Å². The molecule has 0 aliphatic rings. The van der Waals surface area contributed by atoms with Gasteiger partial charge in [0.05, 0.1) is 6.54 Å². The number of hydrogen-bond acceptors (Lipinski definition) is 2. The molecule has 0 amide bonds. The Morgan fingerprint density at radius 1 is 1.41 bits per heavy atom. The third-order valence-corrected chi connectivity index (χ3v) is 2.36. The van der Waals surface area contributed by atoms with Gasteiger partial charge in [-0.05, 0) is 27.8 Å². The summed E-state index contributed by atoms with van der Waals surface area (Å²) < 4.78 is 0. The number of rotatable bonds is 7. The van der Waals surface area contributed by atoms with E-state index in [1.807, 2.05) is 6.08 Å². The van der Waals surface area contributed by atoms with Crippen LogP contribution in [0.3, 0.4) is 0 Å². The fraction of sp³-hybridized carbons (Fsp3) is 0.750. The van der Waals surface area contributed by atoms with Crippen molar-refractivity contribution >= 4 is 29.9 Å². The Morgan fingerprint density at radius 2 is 2.06 bits per heavy atom. The second-order valence-corrected chi connectivity index (χ2v) is 4.00. The third kappa shape index (κ3) is 10.6. The van der Waals surface area contributed by atoms with Crippen molar-refractivity contribution in [2.75, 3.05) is 33.2 Å². The lowest BCUT2D eigenvalue weighted by atomic mass is 10.3. The van der Waals surface area contributed by atoms with Crippen molar-refractivity contribution < 1.29 is 0 Å². The van der Waals surface area contributed by atoms with Gasteiger partial charge in [0.1, 0.15) is 0 Å². The first-order chi connectivity index (χ1) is 7.61. The standard InChI is InChI=1S/C12H26N4.HI/c1-6-8-14-12(13-7-2)15-9-10-16(5)11(3)4;/h6,11H,1,7-10H2,2-5H3,(H2,13,14,15);1H. The van der Waals surface area contributed by atoms with Gasteiger partial charge in [0, 0.05) is 25.7 Å². The van der Waals surface area contributed by atoms with E-state index in [1.54, 1.807) is 0 Å². The van der Waals surface area contributed by atoms with Crippen LogP contribution < -0.4 is 10.6 Å². The maximum absolute atomic E-state index is 4.48. The van der Waals surface area contributed by atoms with E-state index in [1.165, 1.54) is 0 Å². The van der Waals surface area contributed by atoms with Gasteiger partial charge in [0.15, 0.2) is 5.96 Å². The molecule has 0 aromatic heterocycles. The summed E-state index contributed by atoms with van der Waals surface area (Å²) in [6, 6.07) is 0.568. The van der Waals surface area contributed by atoms with Crippen molar-refractivity contribution in [1.29, 1.82) is 0 Å². The van der Waals surface area contributed by atoms with Gasteiger partial charge >= 0.3 is 0 Å². The van der Waals surface area contributed by atoms with Crippen LogP contribution in [0.25, 0.3) is 0 Å². The fourth-order valence-electron chi connectivity index (χ4n) is 1.09. The van der Waals surface area contributed by atoms with E-state index in [0.29, 0.717) is 6.04 Å². The Bertz CT molecular complexity index is 217. The summed E-state index contributed by atoms with van der Waals surface area (Å²) in [6.07, 6.45) is 1.83. The predicted molar refractivity (Wildman–Crippen MR) is 87.4 cm³/mol. The highest BCUT2D eigenvalue weighted by molar-refractivity contribution is 14.0. The fourth-order valence-corrected chi connectivity index (χ4v) is 1.09. The minimum atomic E-state index is 0. The minimum Gasteiger partial charge on any atom is -0.357 e. The molecule has 0 atom stereocenters. The zero-order chi connectivity index (χ0) is 12.4. The molecule has 0 aliphatic carbocycles. The largest absolute Gasteiger partial charge is 0.357 e. The Morgan fingerprint density at radius 3 is 2.53 bits per heavy atom. The quantitative estimate of drug-likeness (QED) is 0.316. The minimum absolute atomic E-state index is 0. The van der Waals surface area contributed by atoms with Gasteiger partial charge in [-0.25, -0.2) is 0 Å². The van der Waals surface area contributed by atoms with Gasteiger partial charge in [0.25, 0.3) is 0 Å². The van der Waals surface area contributed by atoms with E-state index in [-0.39, 0.29) is 24.0 Å². The summed E-state index contributed by atoms with van der Waals surface area (Å²) in [4.78, 5) is 6.76. The summed E-state index contributed by atoms with van der Waals surface area (Å²) in [5.74, 6) is 0.861. The van der Waals surface area contributed by atoms with Crippen LogP contribution in [0, 0.1) is 0 Å². The summed E-state index contributed by atoms with van der Waals surface area (Å²) in [5, 5.41) is 6.37. The van der Waals surface area contributed by atoms with Crippen molar-refractivity contribution in [2.45, 2.75) is 26.8 Å². The SMILES string of the molecule is C=CCNC(=NCCN(C)C(C)C)NCC.I. The van der Waals surface area contributed by atoms with Crippen molar-refractivity contribution in [1.82, 2.24) is 15.5 Å². The predicted octanol–water partition coefficient (Wildman–Crippen LogP) is 1.69. The molecule has 5 heteroatoms. The van der Waals surface area contributed by atoms with Gasteiger partial charge in [-0.2, -0.15) is 0 Å². The van der Waals surface area contributed by atoms with Crippen LogP contribution in [0.15, 0.2) is 17.6 Å². The Hall–Kier alpha value is -0.300. The Kier molecular flexibility index (Phi) is 13.6. The van der Waals surface area contributed by atoms with E-state index in [0.717, 1.165) is 32.1 Å². The van der Waals surface area contributed by atoms with Gasteiger partial charge in [0.2, 0.25) is 0 Å². The second-order valence-electron chi connectivity index (χ2n) is 4.00. The molecule has 0 rings (SSSR count). The first kappa shape index (κ1) is 19.0. The molecule has 102 valence electrons. The molecular weight excluding hydrogens is 327 g/mol. The average Bonchev–Trinajstić information content (AvgIpc) is 2.25. The van der Waals surface area contributed by atoms with Crippen LogP contribution in [0.2, 0.25) is 0 Å². The van der Waals surface area contributed by atoms with Crippen LogP contribution in [-0.4, -0.2) is 50.1 Å². The zero-order valence-corrected chi connectivity index (χ0v) is 13.8. The number of likely N-dealkylation sites (N-methyl/N-ethyl adjacent to an activating group) is 1. The summed E-state index contributed by atoms with van der Waals surface area (Å²) >= 11 is 0. The molecule has 0 heterocycles.